The number of para-hydroxylation sites is 1. The quantitative estimate of drug-likeness (QED) is 0.378. The number of nitrogens with one attached hydrogen (secondary N) is 4. The average molecular weight is 563 g/mol. The van der Waals surface area contributed by atoms with E-state index in [4.69, 9.17) is 9.47 Å². The molecule has 1 aromatic carbocycles. The van der Waals surface area contributed by atoms with Gasteiger partial charge in [-0.25, -0.2) is 9.78 Å². The molecule has 1 aromatic heterocycles. The molecule has 5 atom stereocenters. The molecule has 4 amide bonds. The van der Waals surface area contributed by atoms with Gasteiger partial charge in [0.05, 0.1) is 53.5 Å². The Morgan fingerprint density at radius 3 is 2.75 bits per heavy atom. The van der Waals surface area contributed by atoms with Crippen molar-refractivity contribution in [2.75, 3.05) is 24.7 Å². The van der Waals surface area contributed by atoms with Crippen LogP contribution in [0.25, 0.3) is 0 Å². The van der Waals surface area contributed by atoms with Crippen LogP contribution >= 0.6 is 11.8 Å². The average Bonchev–Trinajstić information content (AvgIpc) is 3.55. The molecule has 3 saturated heterocycles. The van der Waals surface area contributed by atoms with E-state index in [1.165, 1.54) is 17.8 Å². The molecule has 0 radical (unpaired) electrons. The van der Waals surface area contributed by atoms with Crippen LogP contribution in [-0.4, -0.2) is 66.1 Å². The number of urea groups is 1. The Labute approximate surface area is 235 Å². The smallest absolute Gasteiger partial charge is 0.326 e. The second-order valence-corrected chi connectivity index (χ2v) is 11.2. The molecular weight excluding hydrogens is 532 g/mol. The molecule has 12 heteroatoms. The van der Waals surface area contributed by atoms with Crippen LogP contribution in [0.1, 0.15) is 12.0 Å². The van der Waals surface area contributed by atoms with Gasteiger partial charge in [-0.15, -0.1) is 0 Å². The van der Waals surface area contributed by atoms with E-state index in [9.17, 15) is 14.4 Å². The van der Waals surface area contributed by atoms with Crippen LogP contribution in [0.5, 0.6) is 11.6 Å². The Hall–Kier alpha value is -3.87. The number of aromatic nitrogens is 1. The second kappa shape index (κ2) is 11.0. The number of rotatable bonds is 7. The van der Waals surface area contributed by atoms with Crippen LogP contribution in [0.3, 0.4) is 0 Å². The molecule has 4 N–H and O–H groups in total. The van der Waals surface area contributed by atoms with Crippen LogP contribution in [0.2, 0.25) is 0 Å². The molecule has 11 nitrogen and oxygen atoms in total. The molecular formula is C28H30N6O5S. The number of pyridine rings is 1. The number of carbonyl (C=O) groups excluding carboxylic acids is 3. The van der Waals surface area contributed by atoms with Crippen molar-refractivity contribution in [3.8, 4) is 11.6 Å². The van der Waals surface area contributed by atoms with Gasteiger partial charge in [0.2, 0.25) is 11.8 Å². The van der Waals surface area contributed by atoms with Crippen molar-refractivity contribution in [3.63, 3.8) is 0 Å². The summed E-state index contributed by atoms with van der Waals surface area (Å²) >= 11 is 1.42. The lowest BCUT2D eigenvalue weighted by Crippen LogP contribution is -2.62. The van der Waals surface area contributed by atoms with Gasteiger partial charge in [0.25, 0.3) is 5.91 Å². The highest BCUT2D eigenvalue weighted by atomic mass is 32.2. The predicted molar refractivity (Wildman–Crippen MR) is 150 cm³/mol. The molecule has 6 rings (SSSR count). The highest BCUT2D eigenvalue weighted by molar-refractivity contribution is 8.04. The lowest BCUT2D eigenvalue weighted by Gasteiger charge is -2.46. The molecule has 0 spiro atoms. The Morgan fingerprint density at radius 1 is 1.23 bits per heavy atom. The summed E-state index contributed by atoms with van der Waals surface area (Å²) in [5, 5.41) is 12.3. The Morgan fingerprint density at radius 2 is 2.00 bits per heavy atom. The molecule has 40 heavy (non-hydrogen) atoms. The first-order valence-corrected chi connectivity index (χ1v) is 14.1. The SMILES string of the molecule is C=CC(=O)N[C@H]1COC[C@H]1NC(=O)C1=C2NC(=O)N(c3cnc(Oc4ccccc4)cc3C)C3CCNC(S1)C23. The van der Waals surface area contributed by atoms with Gasteiger partial charge in [0.15, 0.2) is 0 Å². The van der Waals surface area contributed by atoms with E-state index in [0.717, 1.165) is 12.0 Å². The fraction of sp³-hybridized carbons (Fsp3) is 0.357. The second-order valence-electron chi connectivity index (χ2n) is 10.1. The van der Waals surface area contributed by atoms with Gasteiger partial charge >= 0.3 is 6.03 Å². The lowest BCUT2D eigenvalue weighted by molar-refractivity contribution is -0.119. The third kappa shape index (κ3) is 4.93. The van der Waals surface area contributed by atoms with E-state index in [1.807, 2.05) is 43.3 Å². The molecule has 0 bridgehead atoms. The lowest BCUT2D eigenvalue weighted by atomic mass is 9.86. The predicted octanol–water partition coefficient (Wildman–Crippen LogP) is 2.16. The van der Waals surface area contributed by atoms with Gasteiger partial charge in [-0.2, -0.15) is 0 Å². The number of thioether (sulfide) groups is 1. The van der Waals surface area contributed by atoms with Crippen molar-refractivity contribution in [2.45, 2.75) is 36.8 Å². The highest BCUT2D eigenvalue weighted by Gasteiger charge is 2.52. The minimum atomic E-state index is -0.391. The van der Waals surface area contributed by atoms with Gasteiger partial charge in [-0.3, -0.25) is 14.5 Å². The van der Waals surface area contributed by atoms with Crippen molar-refractivity contribution >= 4 is 35.3 Å². The van der Waals surface area contributed by atoms with Gasteiger partial charge in [0, 0.05) is 17.7 Å². The monoisotopic (exact) mass is 562 g/mol. The molecule has 208 valence electrons. The maximum Gasteiger partial charge on any atom is 0.326 e. The first-order chi connectivity index (χ1) is 19.4. The van der Waals surface area contributed by atoms with E-state index in [0.29, 0.717) is 41.1 Å². The first kappa shape index (κ1) is 26.4. The van der Waals surface area contributed by atoms with Crippen molar-refractivity contribution in [3.05, 3.63) is 71.4 Å². The number of nitrogens with zero attached hydrogens (tertiary/aromatic N) is 2. The van der Waals surface area contributed by atoms with Gasteiger partial charge < -0.3 is 30.7 Å². The number of anilines is 1. The molecule has 0 aliphatic carbocycles. The summed E-state index contributed by atoms with van der Waals surface area (Å²) in [5.41, 5.74) is 2.19. The molecule has 2 aromatic rings. The summed E-state index contributed by atoms with van der Waals surface area (Å²) in [6.45, 7) is 6.70. The molecule has 4 aliphatic rings. The fourth-order valence-electron chi connectivity index (χ4n) is 5.66. The summed E-state index contributed by atoms with van der Waals surface area (Å²) in [7, 11) is 0. The normalized spacial score (nSPS) is 27.1. The Balaban J connectivity index is 1.22. The van der Waals surface area contributed by atoms with Crippen molar-refractivity contribution < 1.29 is 23.9 Å². The standard InChI is InChI=1S/C28H30N6O5S/c1-3-21(35)31-17-13-38-14-18(17)32-26(36)25-24-23-19(9-10-29-27(23)40-25)34(28(37)33-24)20-12-30-22(11-15(20)2)39-16-7-5-4-6-8-16/h3-8,11-12,17-19,23,27,29H,1,9-10,13-14H2,2H3,(H,31,35)(H,32,36)(H,33,37)/t17-,18+,19?,23?,27?/m0/s1. The first-order valence-electron chi connectivity index (χ1n) is 13.2. The number of hydrogen-bond donors (Lipinski definition) is 4. The third-order valence-corrected chi connectivity index (χ3v) is 8.90. The molecule has 5 heterocycles. The van der Waals surface area contributed by atoms with Crippen LogP contribution in [0.4, 0.5) is 10.5 Å². The summed E-state index contributed by atoms with van der Waals surface area (Å²) in [4.78, 5) is 45.5. The van der Waals surface area contributed by atoms with E-state index >= 15 is 0 Å². The number of amides is 4. The van der Waals surface area contributed by atoms with Crippen molar-refractivity contribution in [1.29, 1.82) is 0 Å². The number of hydrogen-bond acceptors (Lipinski definition) is 8. The maximum absolute atomic E-state index is 13.6. The van der Waals surface area contributed by atoms with Crippen molar-refractivity contribution in [2.24, 2.45) is 5.92 Å². The zero-order valence-corrected chi connectivity index (χ0v) is 22.7. The number of aryl methyl sites for hydroxylation is 1. The Kier molecular flexibility index (Phi) is 7.22. The topological polar surface area (TPSA) is 134 Å². The highest BCUT2D eigenvalue weighted by Crippen LogP contribution is 2.48. The van der Waals surface area contributed by atoms with Crippen LogP contribution in [0, 0.1) is 12.8 Å². The van der Waals surface area contributed by atoms with Crippen LogP contribution in [-0.2, 0) is 14.3 Å². The molecule has 3 fully saturated rings. The van der Waals surface area contributed by atoms with Crippen molar-refractivity contribution in [1.82, 2.24) is 26.3 Å². The van der Waals surface area contributed by atoms with Gasteiger partial charge in [-0.1, -0.05) is 36.5 Å². The zero-order valence-electron chi connectivity index (χ0n) is 21.9. The number of ether oxygens (including phenoxy) is 2. The van der Waals surface area contributed by atoms with E-state index in [2.05, 4.69) is 32.8 Å². The number of benzene rings is 1. The van der Waals surface area contributed by atoms with Gasteiger partial charge in [-0.05, 0) is 43.7 Å². The number of carbonyl (C=O) groups is 3. The minimum absolute atomic E-state index is 0.0670. The third-order valence-electron chi connectivity index (χ3n) is 7.54. The zero-order chi connectivity index (χ0) is 27.8. The van der Waals surface area contributed by atoms with Crippen LogP contribution < -0.4 is 30.9 Å². The minimum Gasteiger partial charge on any atom is -0.439 e. The molecule has 3 unspecified atom stereocenters. The largest absolute Gasteiger partial charge is 0.439 e. The van der Waals surface area contributed by atoms with E-state index < -0.39 is 6.04 Å². The Bertz CT molecular complexity index is 1380. The van der Waals surface area contributed by atoms with E-state index in [-0.39, 0.29) is 47.8 Å². The summed E-state index contributed by atoms with van der Waals surface area (Å²) in [5.74, 6) is 0.406. The van der Waals surface area contributed by atoms with Gasteiger partial charge in [0.1, 0.15) is 5.75 Å². The summed E-state index contributed by atoms with van der Waals surface area (Å²) in [6.07, 6.45) is 3.59. The summed E-state index contributed by atoms with van der Waals surface area (Å²) < 4.78 is 11.4. The maximum atomic E-state index is 13.6. The summed E-state index contributed by atoms with van der Waals surface area (Å²) in [6, 6.07) is 10.0. The number of piperidine rings is 1. The van der Waals surface area contributed by atoms with E-state index in [1.54, 1.807) is 11.1 Å². The van der Waals surface area contributed by atoms with Crippen LogP contribution in [0.15, 0.2) is 65.9 Å². The molecule has 4 aliphatic heterocycles. The molecule has 0 saturated carbocycles. The fourth-order valence-corrected chi connectivity index (χ4v) is 7.06.